The highest BCUT2D eigenvalue weighted by atomic mass is 16.3. The summed E-state index contributed by atoms with van der Waals surface area (Å²) in [6, 6.07) is 30.3. The van der Waals surface area contributed by atoms with Gasteiger partial charge in [0.05, 0.1) is 13.7 Å². The lowest BCUT2D eigenvalue weighted by molar-refractivity contribution is 0.669. The Bertz CT molecular complexity index is 3000. The Morgan fingerprint density at radius 2 is 0.822 bits per heavy atom. The van der Waals surface area contributed by atoms with Gasteiger partial charge in [0.15, 0.2) is 0 Å². The fourth-order valence-electron chi connectivity index (χ4n) is 6.58. The summed E-state index contributed by atoms with van der Waals surface area (Å²) in [6.07, 6.45) is 0. The molecular formula is C44H28O. The van der Waals surface area contributed by atoms with Crippen LogP contribution < -0.4 is 0 Å². The largest absolute Gasteiger partial charge is 0.456 e. The molecule has 0 aliphatic heterocycles. The van der Waals surface area contributed by atoms with E-state index in [2.05, 4.69) is 0 Å². The van der Waals surface area contributed by atoms with Crippen LogP contribution in [0.4, 0.5) is 0 Å². The molecule has 45 heavy (non-hydrogen) atoms. The Kier molecular flexibility index (Phi) is 4.01. The second kappa shape index (κ2) is 10.4. The van der Waals surface area contributed by atoms with Gasteiger partial charge in [-0.05, 0) is 84.3 Å². The number of rotatable bonds is 4. The zero-order valence-electron chi connectivity index (χ0n) is 33.8. The Balaban J connectivity index is 1.45. The van der Waals surface area contributed by atoms with Crippen molar-refractivity contribution in [2.24, 2.45) is 0 Å². The van der Waals surface area contributed by atoms with Crippen LogP contribution in [0.1, 0.15) is 13.7 Å². The lowest BCUT2D eigenvalue weighted by atomic mass is 9.82. The minimum absolute atomic E-state index is 0.0666. The van der Waals surface area contributed by atoms with Gasteiger partial charge in [0.1, 0.15) is 11.2 Å². The van der Waals surface area contributed by atoms with Crippen molar-refractivity contribution in [2.45, 2.75) is 0 Å². The van der Waals surface area contributed by atoms with E-state index in [1.165, 1.54) is 0 Å². The molecule has 0 N–H and O–H groups in total. The third-order valence-electron chi connectivity index (χ3n) is 8.45. The molecular weight excluding hydrogens is 544 g/mol. The molecule has 0 fully saturated rings. The van der Waals surface area contributed by atoms with Gasteiger partial charge in [-0.1, -0.05) is 151 Å². The molecule has 210 valence electrons. The summed E-state index contributed by atoms with van der Waals surface area (Å²) in [7, 11) is 0. The van der Waals surface area contributed by atoms with Crippen LogP contribution in [0, 0.1) is 0 Å². The van der Waals surface area contributed by atoms with Crippen LogP contribution in [0.25, 0.3) is 88.0 Å². The third kappa shape index (κ3) is 4.09. The minimum Gasteiger partial charge on any atom is -0.456 e. The Morgan fingerprint density at radius 1 is 0.356 bits per heavy atom. The smallest absolute Gasteiger partial charge is 0.136 e. The summed E-state index contributed by atoms with van der Waals surface area (Å²) >= 11 is 0. The van der Waals surface area contributed by atoms with Gasteiger partial charge in [0, 0.05) is 10.8 Å². The molecule has 0 saturated heterocycles. The van der Waals surface area contributed by atoms with Crippen LogP contribution in [-0.4, -0.2) is 0 Å². The highest BCUT2D eigenvalue weighted by molar-refractivity contribution is 6.24. The fourth-order valence-corrected chi connectivity index (χ4v) is 6.58. The zero-order valence-corrected chi connectivity index (χ0v) is 23.8. The number of hydrogen-bond donors (Lipinski definition) is 0. The molecule has 0 aliphatic rings. The molecule has 0 bridgehead atoms. The van der Waals surface area contributed by atoms with E-state index in [0.29, 0.717) is 33.4 Å². The van der Waals surface area contributed by atoms with E-state index in [1.54, 1.807) is 12.1 Å². The van der Waals surface area contributed by atoms with Crippen molar-refractivity contribution in [1.82, 2.24) is 0 Å². The number of para-hydroxylation sites is 1. The first kappa shape index (κ1) is 17.4. The Morgan fingerprint density at radius 3 is 1.42 bits per heavy atom. The van der Waals surface area contributed by atoms with Crippen molar-refractivity contribution in [1.29, 1.82) is 0 Å². The van der Waals surface area contributed by atoms with Gasteiger partial charge in [-0.25, -0.2) is 0 Å². The normalized spacial score (nSPS) is 14.7. The van der Waals surface area contributed by atoms with E-state index in [-0.39, 0.29) is 35.3 Å². The van der Waals surface area contributed by atoms with Crippen LogP contribution in [0.15, 0.2) is 174 Å². The number of hydrogen-bond acceptors (Lipinski definition) is 1. The quantitative estimate of drug-likeness (QED) is 0.188. The maximum absolute atomic E-state index is 9.06. The SMILES string of the molecule is [2H]c1c([2H])c([2H])c(-c2ccccc2-c2c3ccccc3c(-c3cc4oc5ccccc5c4cc3-c3c([2H])c([2H])c([2H])c([2H])c3[2H])c3ccccc23)c([2H])c1[2H]. The van der Waals surface area contributed by atoms with Crippen molar-refractivity contribution in [3.8, 4) is 44.5 Å². The molecule has 1 heterocycles. The number of benzene rings is 8. The lowest BCUT2D eigenvalue weighted by Crippen LogP contribution is -1.94. The number of fused-ring (bicyclic) bond motifs is 5. The van der Waals surface area contributed by atoms with Gasteiger partial charge in [0.2, 0.25) is 0 Å². The molecule has 1 heteroatoms. The maximum atomic E-state index is 9.06. The van der Waals surface area contributed by atoms with Crippen LogP contribution in [0.5, 0.6) is 0 Å². The molecule has 1 nitrogen and oxygen atoms in total. The molecule has 0 spiro atoms. The summed E-state index contributed by atoms with van der Waals surface area (Å²) < 4.78 is 92.7. The number of furan rings is 1. The summed E-state index contributed by atoms with van der Waals surface area (Å²) in [5.74, 6) is 0. The first-order chi connectivity index (χ1) is 26.5. The molecule has 1 aromatic heterocycles. The van der Waals surface area contributed by atoms with Crippen molar-refractivity contribution in [3.63, 3.8) is 0 Å². The minimum atomic E-state index is -0.479. The topological polar surface area (TPSA) is 13.1 Å². The predicted octanol–water partition coefficient (Wildman–Crippen LogP) is 12.6. The highest BCUT2D eigenvalue weighted by Crippen LogP contribution is 2.49. The monoisotopic (exact) mass is 582 g/mol. The molecule has 0 saturated carbocycles. The van der Waals surface area contributed by atoms with Gasteiger partial charge in [-0.3, -0.25) is 0 Å². The lowest BCUT2D eigenvalue weighted by Gasteiger charge is -2.21. The van der Waals surface area contributed by atoms with Crippen molar-refractivity contribution in [2.75, 3.05) is 0 Å². The van der Waals surface area contributed by atoms with E-state index in [9.17, 15) is 0 Å². The molecule has 9 rings (SSSR count). The molecule has 0 unspecified atom stereocenters. The van der Waals surface area contributed by atoms with E-state index < -0.39 is 36.3 Å². The maximum Gasteiger partial charge on any atom is 0.136 e. The summed E-state index contributed by atoms with van der Waals surface area (Å²) in [5, 5.41) is 4.73. The van der Waals surface area contributed by atoms with E-state index in [0.717, 1.165) is 43.4 Å². The zero-order chi connectivity index (χ0) is 38.4. The predicted molar refractivity (Wildman–Crippen MR) is 190 cm³/mol. The highest BCUT2D eigenvalue weighted by Gasteiger charge is 2.22. The van der Waals surface area contributed by atoms with E-state index in [4.69, 9.17) is 18.1 Å². The summed E-state index contributed by atoms with van der Waals surface area (Å²) in [6.45, 7) is 0. The fraction of sp³-hybridized carbons (Fsp3) is 0. The first-order valence-corrected chi connectivity index (χ1v) is 14.6. The molecule has 9 aromatic rings. The van der Waals surface area contributed by atoms with Crippen molar-refractivity contribution >= 4 is 43.5 Å². The standard InChI is InChI=1S/C44H28O/c1-3-15-29(16-4-1)31-19-7-8-21-33(31)43-34-22-9-11-24-36(34)44(37-25-12-10-23-35(37)43)40-28-42-39(32-20-13-14-26-41(32)45-42)27-38(40)30-17-5-2-6-18-30/h1-28H/i1D,2D,3D,4D,5D,6D,15D,16D,17D,18D. The van der Waals surface area contributed by atoms with Crippen LogP contribution in [-0.2, 0) is 0 Å². The average molecular weight is 583 g/mol. The second-order valence-electron chi connectivity index (χ2n) is 10.9. The summed E-state index contributed by atoms with van der Waals surface area (Å²) in [4.78, 5) is 0. The van der Waals surface area contributed by atoms with E-state index >= 15 is 0 Å². The molecule has 0 atom stereocenters. The molecule has 8 aromatic carbocycles. The average Bonchev–Trinajstić information content (AvgIpc) is 3.57. The van der Waals surface area contributed by atoms with Gasteiger partial charge >= 0.3 is 0 Å². The third-order valence-corrected chi connectivity index (χ3v) is 8.45. The van der Waals surface area contributed by atoms with Crippen molar-refractivity contribution < 1.29 is 18.1 Å². The van der Waals surface area contributed by atoms with Crippen LogP contribution in [0.3, 0.4) is 0 Å². The van der Waals surface area contributed by atoms with Crippen LogP contribution in [0.2, 0.25) is 0 Å². The molecule has 0 amide bonds. The second-order valence-corrected chi connectivity index (χ2v) is 10.9. The molecule has 0 aliphatic carbocycles. The first-order valence-electron chi connectivity index (χ1n) is 19.6. The van der Waals surface area contributed by atoms with Gasteiger partial charge in [-0.2, -0.15) is 0 Å². The van der Waals surface area contributed by atoms with Crippen LogP contribution >= 0.6 is 0 Å². The molecule has 0 radical (unpaired) electrons. The van der Waals surface area contributed by atoms with Gasteiger partial charge in [0.25, 0.3) is 0 Å². The Labute approximate surface area is 275 Å². The van der Waals surface area contributed by atoms with Gasteiger partial charge < -0.3 is 4.42 Å². The van der Waals surface area contributed by atoms with Crippen molar-refractivity contribution in [3.05, 3.63) is 170 Å². The van der Waals surface area contributed by atoms with Gasteiger partial charge in [-0.15, -0.1) is 0 Å². The van der Waals surface area contributed by atoms with E-state index in [1.807, 2.05) is 97.1 Å². The Hall–Kier alpha value is -5.92. The summed E-state index contributed by atoms with van der Waals surface area (Å²) in [5.41, 5.74) is 5.10.